The highest BCUT2D eigenvalue weighted by atomic mass is 19.4. The van der Waals surface area contributed by atoms with Gasteiger partial charge in [-0.2, -0.15) is 0 Å². The van der Waals surface area contributed by atoms with Crippen LogP contribution in [-0.4, -0.2) is 12.3 Å². The standard InChI is InChI=1S/C22H29F3O3.2H2/c1-15-2-4-16(5-3-15)14-17-6-8-18(9-7-17)21(26)27-19-10-12-20(13-11-19)28-22(23,24)25;;/h10-13,15-18H,2-9,14H2,1H3;2*1H. The zero-order valence-corrected chi connectivity index (χ0v) is 16.3. The molecule has 0 heterocycles. The lowest BCUT2D eigenvalue weighted by Crippen LogP contribution is -2.27. The van der Waals surface area contributed by atoms with Gasteiger partial charge in [0.05, 0.1) is 5.92 Å². The van der Waals surface area contributed by atoms with Gasteiger partial charge in [-0.3, -0.25) is 4.79 Å². The molecule has 0 saturated heterocycles. The Labute approximate surface area is 167 Å². The van der Waals surface area contributed by atoms with E-state index in [1.54, 1.807) is 0 Å². The number of rotatable bonds is 5. The average molecular weight is 402 g/mol. The summed E-state index contributed by atoms with van der Waals surface area (Å²) in [6, 6.07) is 4.96. The van der Waals surface area contributed by atoms with Crippen LogP contribution in [0.1, 0.15) is 67.6 Å². The monoisotopic (exact) mass is 402 g/mol. The quantitative estimate of drug-likeness (QED) is 0.393. The normalized spacial score (nSPS) is 28.6. The number of ether oxygens (including phenoxy) is 2. The molecule has 0 atom stereocenters. The molecule has 2 aliphatic carbocycles. The molecule has 0 unspecified atom stereocenters. The topological polar surface area (TPSA) is 35.5 Å². The molecule has 2 fully saturated rings. The summed E-state index contributed by atoms with van der Waals surface area (Å²) in [7, 11) is 0. The Hall–Kier alpha value is -1.72. The summed E-state index contributed by atoms with van der Waals surface area (Å²) in [6.45, 7) is 2.34. The fourth-order valence-corrected chi connectivity index (χ4v) is 4.58. The van der Waals surface area contributed by atoms with Crippen LogP contribution < -0.4 is 9.47 Å². The van der Waals surface area contributed by atoms with Crippen molar-refractivity contribution in [1.82, 2.24) is 0 Å². The van der Waals surface area contributed by atoms with Crippen molar-refractivity contribution in [3.05, 3.63) is 24.3 Å². The van der Waals surface area contributed by atoms with Gasteiger partial charge in [-0.15, -0.1) is 13.2 Å². The first-order valence-corrected chi connectivity index (χ1v) is 10.4. The zero-order chi connectivity index (χ0) is 20.1. The molecule has 2 saturated carbocycles. The fraction of sp³-hybridized carbons (Fsp3) is 0.682. The highest BCUT2D eigenvalue weighted by Crippen LogP contribution is 2.38. The molecule has 1 aromatic carbocycles. The molecule has 0 aliphatic heterocycles. The Morgan fingerprint density at radius 2 is 1.43 bits per heavy atom. The van der Waals surface area contributed by atoms with E-state index in [9.17, 15) is 18.0 Å². The Bertz CT molecular complexity index is 636. The number of carbonyl (C=O) groups is 1. The first-order valence-electron chi connectivity index (χ1n) is 10.4. The van der Waals surface area contributed by atoms with Gasteiger partial charge in [-0.1, -0.05) is 32.6 Å². The average Bonchev–Trinajstić information content (AvgIpc) is 2.65. The van der Waals surface area contributed by atoms with Crippen molar-refractivity contribution in [3.63, 3.8) is 0 Å². The molecule has 6 heteroatoms. The molecule has 0 amide bonds. The minimum absolute atomic E-state index is 0. The van der Waals surface area contributed by atoms with E-state index in [4.69, 9.17) is 4.74 Å². The number of hydrogen-bond donors (Lipinski definition) is 0. The van der Waals surface area contributed by atoms with Gasteiger partial charge in [0.1, 0.15) is 11.5 Å². The van der Waals surface area contributed by atoms with E-state index in [0.717, 1.165) is 49.7 Å². The minimum atomic E-state index is -4.73. The smallest absolute Gasteiger partial charge is 0.426 e. The fourth-order valence-electron chi connectivity index (χ4n) is 4.58. The van der Waals surface area contributed by atoms with Crippen molar-refractivity contribution in [2.24, 2.45) is 23.7 Å². The van der Waals surface area contributed by atoms with Crippen LogP contribution in [0.4, 0.5) is 13.2 Å². The number of hydrogen-bond acceptors (Lipinski definition) is 3. The minimum Gasteiger partial charge on any atom is -0.426 e. The molecule has 0 aromatic heterocycles. The summed E-state index contributed by atoms with van der Waals surface area (Å²) in [6.07, 6.45) is 5.73. The van der Waals surface area contributed by atoms with Crippen LogP contribution in [0.15, 0.2) is 24.3 Å². The number of alkyl halides is 3. The van der Waals surface area contributed by atoms with E-state index in [2.05, 4.69) is 11.7 Å². The predicted octanol–water partition coefficient (Wildman–Crippen LogP) is 7.01. The molecule has 0 bridgehead atoms. The summed E-state index contributed by atoms with van der Waals surface area (Å²) in [5, 5.41) is 0. The molecule has 1 aromatic rings. The van der Waals surface area contributed by atoms with Gasteiger partial charge >= 0.3 is 12.3 Å². The van der Waals surface area contributed by atoms with E-state index in [-0.39, 0.29) is 26.2 Å². The zero-order valence-electron chi connectivity index (χ0n) is 16.3. The molecule has 0 radical (unpaired) electrons. The summed E-state index contributed by atoms with van der Waals surface area (Å²) >= 11 is 0. The van der Waals surface area contributed by atoms with Crippen molar-refractivity contribution < 1.29 is 30.3 Å². The van der Waals surface area contributed by atoms with Crippen molar-refractivity contribution in [3.8, 4) is 11.5 Å². The van der Waals surface area contributed by atoms with Crippen molar-refractivity contribution in [2.75, 3.05) is 0 Å². The SMILES string of the molecule is CC1CCC(CC2CCC(C(=O)Oc3ccc(OC(F)(F)F)cc3)CC2)CC1.[HH].[HH]. The maximum Gasteiger partial charge on any atom is 0.573 e. The molecule has 3 nitrogen and oxygen atoms in total. The maximum absolute atomic E-state index is 12.4. The third kappa shape index (κ3) is 6.42. The van der Waals surface area contributed by atoms with E-state index in [0.29, 0.717) is 5.92 Å². The van der Waals surface area contributed by atoms with E-state index in [1.165, 1.54) is 44.2 Å². The second kappa shape index (κ2) is 9.19. The molecule has 3 rings (SSSR count). The highest BCUT2D eigenvalue weighted by Gasteiger charge is 2.32. The molecular formula is C22H33F3O3. The van der Waals surface area contributed by atoms with Gasteiger partial charge < -0.3 is 9.47 Å². The van der Waals surface area contributed by atoms with Crippen molar-refractivity contribution in [1.29, 1.82) is 0 Å². The highest BCUT2D eigenvalue weighted by molar-refractivity contribution is 5.75. The number of benzene rings is 1. The van der Waals surface area contributed by atoms with Gasteiger partial charge in [0.15, 0.2) is 0 Å². The van der Waals surface area contributed by atoms with Crippen LogP contribution in [0.5, 0.6) is 11.5 Å². The van der Waals surface area contributed by atoms with E-state index in [1.807, 2.05) is 0 Å². The number of halogens is 3. The molecule has 160 valence electrons. The third-order valence-electron chi connectivity index (χ3n) is 6.26. The van der Waals surface area contributed by atoms with Crippen LogP contribution in [-0.2, 0) is 4.79 Å². The summed E-state index contributed by atoms with van der Waals surface area (Å²) in [5.74, 6) is 1.95. The Morgan fingerprint density at radius 1 is 0.929 bits per heavy atom. The van der Waals surface area contributed by atoms with E-state index >= 15 is 0 Å². The van der Waals surface area contributed by atoms with Gasteiger partial charge in [0.25, 0.3) is 0 Å². The predicted molar refractivity (Wildman–Crippen MR) is 104 cm³/mol. The van der Waals surface area contributed by atoms with Crippen molar-refractivity contribution >= 4 is 5.97 Å². The first-order chi connectivity index (χ1) is 13.3. The summed E-state index contributed by atoms with van der Waals surface area (Å²) in [5.41, 5.74) is 0. The van der Waals surface area contributed by atoms with Crippen LogP contribution in [0.2, 0.25) is 0 Å². The molecule has 0 N–H and O–H groups in total. The van der Waals surface area contributed by atoms with Gasteiger partial charge in [-0.25, -0.2) is 0 Å². The summed E-state index contributed by atoms with van der Waals surface area (Å²) < 4.78 is 45.7. The van der Waals surface area contributed by atoms with Crippen LogP contribution in [0.25, 0.3) is 0 Å². The maximum atomic E-state index is 12.4. The lowest BCUT2D eigenvalue weighted by atomic mass is 9.73. The third-order valence-corrected chi connectivity index (χ3v) is 6.26. The Balaban J connectivity index is 0.00000225. The lowest BCUT2D eigenvalue weighted by Gasteiger charge is -2.32. The largest absolute Gasteiger partial charge is 0.573 e. The van der Waals surface area contributed by atoms with Gasteiger partial charge in [0, 0.05) is 2.85 Å². The number of carbonyl (C=O) groups excluding carboxylic acids is 1. The van der Waals surface area contributed by atoms with Crippen LogP contribution >= 0.6 is 0 Å². The molecular weight excluding hydrogens is 369 g/mol. The second-order valence-electron chi connectivity index (χ2n) is 8.52. The van der Waals surface area contributed by atoms with Gasteiger partial charge in [-0.05, 0) is 74.1 Å². The molecule has 28 heavy (non-hydrogen) atoms. The van der Waals surface area contributed by atoms with Gasteiger partial charge in [0.2, 0.25) is 0 Å². The Morgan fingerprint density at radius 3 is 1.96 bits per heavy atom. The second-order valence-corrected chi connectivity index (χ2v) is 8.52. The molecule has 0 spiro atoms. The molecule has 2 aliphatic rings. The van der Waals surface area contributed by atoms with Crippen LogP contribution in [0.3, 0.4) is 0 Å². The van der Waals surface area contributed by atoms with Crippen LogP contribution in [0, 0.1) is 23.7 Å². The lowest BCUT2D eigenvalue weighted by molar-refractivity contribution is -0.274. The van der Waals surface area contributed by atoms with E-state index < -0.39 is 6.36 Å². The summed E-state index contributed by atoms with van der Waals surface area (Å²) in [4.78, 5) is 12.4. The number of esters is 1. The van der Waals surface area contributed by atoms with Crippen molar-refractivity contribution in [2.45, 2.75) is 71.1 Å². The first kappa shape index (κ1) is 21.0. The Kier molecular flexibility index (Phi) is 6.89.